The summed E-state index contributed by atoms with van der Waals surface area (Å²) in [5.74, 6) is 0.250. The van der Waals surface area contributed by atoms with Crippen molar-refractivity contribution in [3.63, 3.8) is 0 Å². The highest BCUT2D eigenvalue weighted by Crippen LogP contribution is 2.24. The zero-order valence-corrected chi connectivity index (χ0v) is 15.0. The van der Waals surface area contributed by atoms with Crippen molar-refractivity contribution in [1.82, 2.24) is 15.1 Å². The second-order valence-electron chi connectivity index (χ2n) is 6.51. The molecule has 2 N–H and O–H groups in total. The molecule has 1 aromatic heterocycles. The minimum Gasteiger partial charge on any atom is -0.370 e. The third-order valence-corrected chi connectivity index (χ3v) is 4.07. The molecule has 2 aromatic rings. The van der Waals surface area contributed by atoms with E-state index in [4.69, 9.17) is 11.6 Å². The fraction of sp³-hybridized carbons (Fsp3) is 0.412. The van der Waals surface area contributed by atoms with Crippen molar-refractivity contribution in [1.29, 1.82) is 0 Å². The van der Waals surface area contributed by atoms with E-state index in [1.807, 2.05) is 12.1 Å². The lowest BCUT2D eigenvalue weighted by Gasteiger charge is -2.19. The summed E-state index contributed by atoms with van der Waals surface area (Å²) >= 11 is 6.17. The monoisotopic (exact) mass is 334 g/mol. The zero-order valence-electron chi connectivity index (χ0n) is 14.2. The van der Waals surface area contributed by atoms with E-state index in [0.29, 0.717) is 23.1 Å². The molecule has 0 aliphatic carbocycles. The van der Waals surface area contributed by atoms with Gasteiger partial charge in [-0.05, 0) is 16.5 Å². The number of hydrogen-bond acceptors (Lipinski definition) is 3. The summed E-state index contributed by atoms with van der Waals surface area (Å²) in [6.07, 6.45) is 0. The normalized spacial score (nSPS) is 11.4. The molecule has 0 saturated heterocycles. The van der Waals surface area contributed by atoms with Gasteiger partial charge in [-0.25, -0.2) is 0 Å². The summed E-state index contributed by atoms with van der Waals surface area (Å²) in [7, 11) is 3.41. The van der Waals surface area contributed by atoms with Crippen molar-refractivity contribution in [2.45, 2.75) is 32.7 Å². The summed E-state index contributed by atoms with van der Waals surface area (Å²) in [4.78, 5) is 12.3. The first-order valence-corrected chi connectivity index (χ1v) is 7.89. The van der Waals surface area contributed by atoms with Crippen LogP contribution in [-0.2, 0) is 19.0 Å². The smallest absolute Gasteiger partial charge is 0.271 e. The van der Waals surface area contributed by atoms with Crippen LogP contribution in [0.3, 0.4) is 0 Å². The molecule has 0 saturated carbocycles. The predicted molar refractivity (Wildman–Crippen MR) is 94.1 cm³/mol. The number of carbonyl (C=O) groups is 1. The minimum atomic E-state index is -0.244. The van der Waals surface area contributed by atoms with Gasteiger partial charge in [0.25, 0.3) is 5.91 Å². The Morgan fingerprint density at radius 3 is 2.35 bits per heavy atom. The summed E-state index contributed by atoms with van der Waals surface area (Å²) in [6.45, 7) is 6.97. The molecule has 0 unspecified atom stereocenters. The summed E-state index contributed by atoms with van der Waals surface area (Å²) in [5, 5.41) is 10.2. The fourth-order valence-corrected chi connectivity index (χ4v) is 2.63. The molecule has 0 spiro atoms. The quantitative estimate of drug-likeness (QED) is 0.901. The number of halogens is 1. The molecule has 23 heavy (non-hydrogen) atoms. The van der Waals surface area contributed by atoms with E-state index in [0.717, 1.165) is 5.56 Å². The second kappa shape index (κ2) is 6.62. The first kappa shape index (κ1) is 17.3. The van der Waals surface area contributed by atoms with Crippen molar-refractivity contribution in [2.75, 3.05) is 12.4 Å². The van der Waals surface area contributed by atoms with Crippen molar-refractivity contribution in [3.05, 3.63) is 46.1 Å². The maximum atomic E-state index is 12.3. The third kappa shape index (κ3) is 3.85. The number of aromatic nitrogens is 2. The lowest BCUT2D eigenvalue weighted by molar-refractivity contribution is 0.0941. The van der Waals surface area contributed by atoms with Gasteiger partial charge in [-0.1, -0.05) is 56.6 Å². The highest BCUT2D eigenvalue weighted by atomic mass is 35.5. The largest absolute Gasteiger partial charge is 0.370 e. The molecule has 5 nitrogen and oxygen atoms in total. The van der Waals surface area contributed by atoms with E-state index in [-0.39, 0.29) is 11.3 Å². The van der Waals surface area contributed by atoms with Gasteiger partial charge in [0.2, 0.25) is 0 Å². The number of benzene rings is 1. The number of hydrogen-bond donors (Lipinski definition) is 2. The van der Waals surface area contributed by atoms with Crippen LogP contribution in [0.5, 0.6) is 0 Å². The van der Waals surface area contributed by atoms with E-state index >= 15 is 0 Å². The van der Waals surface area contributed by atoms with Crippen LogP contribution in [-0.4, -0.2) is 22.7 Å². The molecule has 124 valence electrons. The Labute approximate surface area is 142 Å². The van der Waals surface area contributed by atoms with E-state index in [9.17, 15) is 4.79 Å². The van der Waals surface area contributed by atoms with E-state index in [2.05, 4.69) is 48.6 Å². The molecular weight excluding hydrogens is 312 g/mol. The Bertz CT molecular complexity index is 699. The molecule has 0 bridgehead atoms. The first-order valence-electron chi connectivity index (χ1n) is 7.52. The van der Waals surface area contributed by atoms with Crippen LogP contribution < -0.4 is 10.6 Å². The molecule has 0 radical (unpaired) electrons. The van der Waals surface area contributed by atoms with Gasteiger partial charge in [-0.15, -0.1) is 0 Å². The van der Waals surface area contributed by atoms with Crippen molar-refractivity contribution < 1.29 is 4.79 Å². The number of nitrogens with zero attached hydrogens (tertiary/aromatic N) is 2. The van der Waals surface area contributed by atoms with Crippen LogP contribution in [0.1, 0.15) is 42.4 Å². The zero-order chi connectivity index (χ0) is 17.2. The number of anilines is 1. The van der Waals surface area contributed by atoms with Gasteiger partial charge < -0.3 is 10.6 Å². The highest BCUT2D eigenvalue weighted by molar-refractivity contribution is 6.36. The van der Waals surface area contributed by atoms with E-state index in [1.54, 1.807) is 14.1 Å². The van der Waals surface area contributed by atoms with Crippen LogP contribution in [0.4, 0.5) is 5.82 Å². The third-order valence-electron chi connectivity index (χ3n) is 3.71. The molecule has 1 amide bonds. The standard InChI is InChI=1S/C17H23ClN4O/c1-17(2,3)12-8-6-11(7-9-12)10-20-16(23)14-13(18)15(19-4)21-22(14)5/h6-9H,10H2,1-5H3,(H,19,21)(H,20,23). The average molecular weight is 335 g/mol. The number of nitrogens with one attached hydrogen (secondary N) is 2. The van der Waals surface area contributed by atoms with Crippen LogP contribution in [0, 0.1) is 0 Å². The molecular formula is C17H23ClN4O. The van der Waals surface area contributed by atoms with Gasteiger partial charge in [0, 0.05) is 20.6 Å². The topological polar surface area (TPSA) is 59.0 Å². The number of amides is 1. The number of carbonyl (C=O) groups excluding carboxylic acids is 1. The highest BCUT2D eigenvalue weighted by Gasteiger charge is 2.20. The predicted octanol–water partition coefficient (Wildman–Crippen LogP) is 3.34. The lowest BCUT2D eigenvalue weighted by Crippen LogP contribution is -2.25. The average Bonchev–Trinajstić information content (AvgIpc) is 2.78. The van der Waals surface area contributed by atoms with Crippen LogP contribution in [0.25, 0.3) is 0 Å². The summed E-state index contributed by atoms with van der Waals surface area (Å²) in [6, 6.07) is 8.25. The molecule has 1 heterocycles. The molecule has 0 fully saturated rings. The van der Waals surface area contributed by atoms with Crippen molar-refractivity contribution >= 4 is 23.3 Å². The van der Waals surface area contributed by atoms with Gasteiger partial charge in [0.15, 0.2) is 5.82 Å². The molecule has 6 heteroatoms. The molecule has 0 aliphatic heterocycles. The molecule has 0 atom stereocenters. The second-order valence-corrected chi connectivity index (χ2v) is 6.89. The molecule has 1 aromatic carbocycles. The van der Waals surface area contributed by atoms with Gasteiger partial charge >= 0.3 is 0 Å². The minimum absolute atomic E-state index is 0.119. The Balaban J connectivity index is 2.06. The Morgan fingerprint density at radius 1 is 1.26 bits per heavy atom. The Hall–Kier alpha value is -2.01. The van der Waals surface area contributed by atoms with Gasteiger partial charge in [0.1, 0.15) is 10.7 Å². The Morgan fingerprint density at radius 2 is 1.87 bits per heavy atom. The fourth-order valence-electron chi connectivity index (χ4n) is 2.29. The molecule has 2 rings (SSSR count). The van der Waals surface area contributed by atoms with Crippen LogP contribution in [0.15, 0.2) is 24.3 Å². The van der Waals surface area contributed by atoms with Gasteiger partial charge in [-0.2, -0.15) is 5.10 Å². The van der Waals surface area contributed by atoms with Crippen LogP contribution >= 0.6 is 11.6 Å². The van der Waals surface area contributed by atoms with Crippen LogP contribution in [0.2, 0.25) is 5.02 Å². The SMILES string of the molecule is CNc1nn(C)c(C(=O)NCc2ccc(C(C)(C)C)cc2)c1Cl. The number of rotatable bonds is 4. The van der Waals surface area contributed by atoms with Crippen molar-refractivity contribution in [2.24, 2.45) is 7.05 Å². The Kier molecular flexibility index (Phi) is 5.00. The summed E-state index contributed by atoms with van der Waals surface area (Å²) < 4.78 is 1.48. The molecule has 0 aliphatic rings. The van der Waals surface area contributed by atoms with Gasteiger partial charge in [0.05, 0.1) is 0 Å². The number of aryl methyl sites for hydroxylation is 1. The van der Waals surface area contributed by atoms with E-state index < -0.39 is 0 Å². The van der Waals surface area contributed by atoms with E-state index in [1.165, 1.54) is 10.2 Å². The summed E-state index contributed by atoms with van der Waals surface area (Å²) in [5.41, 5.74) is 2.77. The van der Waals surface area contributed by atoms with Crippen molar-refractivity contribution in [3.8, 4) is 0 Å². The lowest BCUT2D eigenvalue weighted by atomic mass is 9.87. The van der Waals surface area contributed by atoms with Gasteiger partial charge in [-0.3, -0.25) is 9.48 Å². The maximum Gasteiger partial charge on any atom is 0.271 e. The maximum absolute atomic E-state index is 12.3. The first-order chi connectivity index (χ1) is 10.7.